The predicted molar refractivity (Wildman–Crippen MR) is 129 cm³/mol. The number of aliphatic hydroxyl groups excluding tert-OH is 2. The molecule has 35 heavy (non-hydrogen) atoms. The first kappa shape index (κ1) is 43.6. The van der Waals surface area contributed by atoms with Crippen LogP contribution >= 0.6 is 0 Å². The Hall–Kier alpha value is -1.41. The van der Waals surface area contributed by atoms with Crippen LogP contribution in [0.2, 0.25) is 18.1 Å². The van der Waals surface area contributed by atoms with Crippen LogP contribution in [0.15, 0.2) is 24.3 Å². The number of alkyl carbamates (subject to hydrolysis) is 1. The molecule has 0 bridgehead atoms. The predicted octanol–water partition coefficient (Wildman–Crippen LogP) is 4.03. The second-order valence-electron chi connectivity index (χ2n) is 9.65. The van der Waals surface area contributed by atoms with Crippen molar-refractivity contribution in [1.82, 2.24) is 5.32 Å². The van der Waals surface area contributed by atoms with Crippen molar-refractivity contribution in [2.75, 3.05) is 0 Å². The van der Waals surface area contributed by atoms with E-state index in [2.05, 4.69) is 59.1 Å². The number of carbonyl (C=O) groups is 1. The Balaban J connectivity index is -0.000000395. The minimum Gasteiger partial charge on any atom is 0 e. The maximum Gasteiger partial charge on any atom is 0 e. The quantitative estimate of drug-likeness (QED) is 0.179. The minimum atomic E-state index is -2.14. The van der Waals surface area contributed by atoms with Crippen molar-refractivity contribution in [2.24, 2.45) is 0 Å². The Labute approximate surface area is 222 Å². The van der Waals surface area contributed by atoms with Crippen LogP contribution < -0.4 is 5.32 Å². The van der Waals surface area contributed by atoms with E-state index >= 15 is 0 Å². The molecular formula is C24H41FeNO8Si. The molecule has 0 rings (SSSR count). The third kappa shape index (κ3) is 20.5. The summed E-state index contributed by atoms with van der Waals surface area (Å²) in [7, 11) is -2.14. The molecule has 0 aromatic rings. The van der Waals surface area contributed by atoms with Gasteiger partial charge in [-0.3, -0.25) is 0 Å². The van der Waals surface area contributed by atoms with Crippen molar-refractivity contribution in [3.8, 4) is 0 Å². The molecule has 11 heteroatoms. The summed E-state index contributed by atoms with van der Waals surface area (Å²) in [5, 5.41) is 24.0. The van der Waals surface area contributed by atoms with E-state index in [1.807, 2.05) is 13.0 Å². The maximum absolute atomic E-state index is 12.2. The van der Waals surface area contributed by atoms with Crippen LogP contribution in [0.1, 0.15) is 55.4 Å². The van der Waals surface area contributed by atoms with Crippen molar-refractivity contribution in [3.63, 3.8) is 0 Å². The summed E-state index contributed by atoms with van der Waals surface area (Å²) >= 11 is 0. The molecule has 0 aliphatic rings. The summed E-state index contributed by atoms with van der Waals surface area (Å²) in [5.74, 6) is 0. The summed E-state index contributed by atoms with van der Waals surface area (Å²) in [4.78, 5) is 12.2. The Morgan fingerprint density at radius 1 is 0.971 bits per heavy atom. The van der Waals surface area contributed by atoms with E-state index in [1.54, 1.807) is 39.8 Å². The Bertz CT molecular complexity index is 661. The molecular weight excluding hydrogens is 514 g/mol. The maximum atomic E-state index is 12.2. The van der Waals surface area contributed by atoms with Gasteiger partial charge in [-0.1, -0.05) is 45.1 Å². The van der Waals surface area contributed by atoms with Gasteiger partial charge in [-0.15, -0.1) is 0 Å². The van der Waals surface area contributed by atoms with E-state index < -0.39 is 44.4 Å². The van der Waals surface area contributed by atoms with Crippen LogP contribution in [0.5, 0.6) is 0 Å². The number of amides is 1. The Morgan fingerprint density at radius 2 is 1.40 bits per heavy atom. The van der Waals surface area contributed by atoms with E-state index in [9.17, 15) is 15.0 Å². The summed E-state index contributed by atoms with van der Waals surface area (Å²) in [6.45, 7) is 32.9. The number of carbonyl (C=O) groups excluding carboxylic acids is 1. The zero-order valence-corrected chi connectivity index (χ0v) is 24.4. The van der Waals surface area contributed by atoms with E-state index in [0.717, 1.165) is 0 Å². The number of ether oxygens (including phenoxy) is 1. The van der Waals surface area contributed by atoms with Gasteiger partial charge in [0.25, 0.3) is 0 Å². The SMILES string of the molecule is C/C=C/C=C/[C@@H](O)[C@@H](NC(=O)OC(C)(C)C)[C@H](O)[C@@H](C)O[Si](C)(C)C(C)(C)C.[C-]#[O+].[C-]#[O+].[C-]#[O+].[Fe]. The van der Waals surface area contributed by atoms with Gasteiger partial charge in [0.15, 0.2) is 8.32 Å². The molecule has 0 saturated carbocycles. The van der Waals surface area contributed by atoms with Gasteiger partial charge in [0, 0.05) is 17.1 Å². The number of nitrogens with one attached hydrogen (secondary N) is 1. The topological polar surface area (TPSA) is 148 Å². The Morgan fingerprint density at radius 3 is 1.74 bits per heavy atom. The molecule has 0 radical (unpaired) electrons. The molecule has 4 atom stereocenters. The van der Waals surface area contributed by atoms with Crippen molar-refractivity contribution < 1.29 is 55.2 Å². The van der Waals surface area contributed by atoms with Crippen molar-refractivity contribution >= 4 is 14.4 Å². The van der Waals surface area contributed by atoms with Gasteiger partial charge in [0.05, 0.1) is 18.2 Å². The second kappa shape index (κ2) is 21.8. The zero-order valence-electron chi connectivity index (χ0n) is 22.3. The minimum absolute atomic E-state index is 0. The van der Waals surface area contributed by atoms with E-state index in [4.69, 9.17) is 23.1 Å². The molecule has 0 aromatic heterocycles. The molecule has 0 fully saturated rings. The fourth-order valence-corrected chi connectivity index (χ4v) is 3.65. The largest absolute Gasteiger partial charge is 0 e. The van der Waals surface area contributed by atoms with Gasteiger partial charge in [0.2, 0.25) is 0 Å². The van der Waals surface area contributed by atoms with Gasteiger partial charge in [-0.05, 0) is 52.8 Å². The number of hydrogen-bond acceptors (Lipinski definition) is 5. The molecule has 3 N–H and O–H groups in total. The first-order valence-electron chi connectivity index (χ1n) is 10.5. The molecule has 0 aliphatic heterocycles. The van der Waals surface area contributed by atoms with Crippen LogP contribution in [0.25, 0.3) is 0 Å². The standard InChI is InChI=1S/C21H41NO5Si.3CO.Fe/c1-11-12-13-14-16(23)17(22-19(25)26-20(3,4)5)18(24)15(2)27-28(9,10)21(6,7)8;3*1-2;/h11-18,23-24H,1-10H3,(H,22,25);;;;/b12-11+,14-13+;;;;/t15-,16-,17-,18-;;;;/m1..../s1. The molecule has 0 heterocycles. The number of rotatable bonds is 8. The molecule has 0 saturated heterocycles. The summed E-state index contributed by atoms with van der Waals surface area (Å²) in [6.07, 6.45) is 3.26. The van der Waals surface area contributed by atoms with Crippen molar-refractivity contribution in [1.29, 1.82) is 0 Å². The van der Waals surface area contributed by atoms with E-state index in [0.29, 0.717) is 0 Å². The fourth-order valence-electron chi connectivity index (χ4n) is 2.23. The van der Waals surface area contributed by atoms with Crippen LogP contribution in [0, 0.1) is 20.0 Å². The molecule has 0 aromatic carbocycles. The molecule has 1 amide bonds. The van der Waals surface area contributed by atoms with Gasteiger partial charge < -0.3 is 24.7 Å². The second-order valence-corrected chi connectivity index (χ2v) is 14.4. The summed E-state index contributed by atoms with van der Waals surface area (Å²) < 4.78 is 34.0. The number of allylic oxidation sites excluding steroid dienone is 3. The first-order chi connectivity index (χ1) is 15.5. The summed E-state index contributed by atoms with van der Waals surface area (Å²) in [6, 6.07) is -0.976. The van der Waals surface area contributed by atoms with Crippen molar-refractivity contribution in [3.05, 3.63) is 44.3 Å². The van der Waals surface area contributed by atoms with E-state index in [1.165, 1.54) is 6.08 Å². The zero-order chi connectivity index (χ0) is 28.3. The fraction of sp³-hybridized carbons (Fsp3) is 0.667. The van der Waals surface area contributed by atoms with Gasteiger partial charge in [-0.2, -0.15) is 0 Å². The number of aliphatic hydroxyl groups is 2. The molecule has 0 spiro atoms. The van der Waals surface area contributed by atoms with Gasteiger partial charge in [-0.25, -0.2) is 4.79 Å². The summed E-state index contributed by atoms with van der Waals surface area (Å²) in [5.41, 5.74) is -0.686. The first-order valence-corrected chi connectivity index (χ1v) is 13.4. The third-order valence-corrected chi connectivity index (χ3v) is 9.37. The molecule has 0 unspecified atom stereocenters. The van der Waals surface area contributed by atoms with Gasteiger partial charge >= 0.3 is 40.0 Å². The normalized spacial score (nSPS) is 14.7. The van der Waals surface area contributed by atoms with E-state index in [-0.39, 0.29) is 22.1 Å². The van der Waals surface area contributed by atoms with Crippen LogP contribution in [-0.2, 0) is 40.2 Å². The third-order valence-electron chi connectivity index (χ3n) is 4.80. The monoisotopic (exact) mass is 555 g/mol. The molecule has 0 aliphatic carbocycles. The Kier molecular flexibility index (Phi) is 27.2. The average molecular weight is 556 g/mol. The van der Waals surface area contributed by atoms with Crippen LogP contribution in [0.3, 0.4) is 0 Å². The molecule has 9 nitrogen and oxygen atoms in total. The number of hydrogen-bond donors (Lipinski definition) is 3. The average Bonchev–Trinajstić information content (AvgIpc) is 2.73. The smallest absolute Gasteiger partial charge is 0 e. The molecule has 202 valence electrons. The van der Waals surface area contributed by atoms with Crippen LogP contribution in [-0.4, -0.2) is 54.6 Å². The van der Waals surface area contributed by atoms with Gasteiger partial charge in [0.1, 0.15) is 11.7 Å². The van der Waals surface area contributed by atoms with Crippen LogP contribution in [0.4, 0.5) is 4.79 Å². The van der Waals surface area contributed by atoms with Crippen molar-refractivity contribution in [2.45, 2.75) is 103 Å².